The summed E-state index contributed by atoms with van der Waals surface area (Å²) in [4.78, 5) is 14.4. The highest BCUT2D eigenvalue weighted by Gasteiger charge is 2.16. The Kier molecular flexibility index (Phi) is 5.15. The summed E-state index contributed by atoms with van der Waals surface area (Å²) in [5.74, 6) is 1.04. The van der Waals surface area contributed by atoms with E-state index in [4.69, 9.17) is 4.74 Å². The number of halogens is 1. The Balaban J connectivity index is 1.67. The molecule has 3 aromatic heterocycles. The Morgan fingerprint density at radius 1 is 1.19 bits per heavy atom. The van der Waals surface area contributed by atoms with Crippen molar-refractivity contribution in [2.75, 3.05) is 30.6 Å². The molecule has 0 spiro atoms. The first-order valence-corrected chi connectivity index (χ1v) is 10.9. The molecule has 0 aliphatic rings. The largest absolute Gasteiger partial charge is 0.497 e. The minimum atomic E-state index is -3.45. The van der Waals surface area contributed by atoms with E-state index in [0.29, 0.717) is 40.1 Å². The van der Waals surface area contributed by atoms with Crippen molar-refractivity contribution < 1.29 is 17.5 Å². The number of pyridine rings is 1. The van der Waals surface area contributed by atoms with Crippen molar-refractivity contribution in [1.82, 2.24) is 25.1 Å². The third-order valence-corrected chi connectivity index (χ3v) is 5.58. The van der Waals surface area contributed by atoms with Gasteiger partial charge in [-0.05, 0) is 24.3 Å². The fraction of sp³-hybridized carbons (Fsp3) is 0.158. The van der Waals surface area contributed by atoms with Gasteiger partial charge in [-0.15, -0.1) is 0 Å². The smallest absolute Gasteiger partial charge is 0.231 e. The molecule has 4 aromatic rings. The number of benzene rings is 1. The van der Waals surface area contributed by atoms with Crippen molar-refractivity contribution in [3.63, 3.8) is 0 Å². The molecular weight excluding hydrogens is 425 g/mol. The maximum atomic E-state index is 13.6. The van der Waals surface area contributed by atoms with Gasteiger partial charge in [-0.1, -0.05) is 0 Å². The Hall–Kier alpha value is -3.80. The lowest BCUT2D eigenvalue weighted by atomic mass is 10.3. The van der Waals surface area contributed by atoms with Gasteiger partial charge in [0, 0.05) is 31.3 Å². The van der Waals surface area contributed by atoms with Crippen LogP contribution in [0.4, 0.5) is 27.7 Å². The standard InChI is InChI=1S/C19H18FN7O3S/c1-27(12-7-13(30-2)9-14(8-12)31(3,28)29)19-21-5-4-16(24-19)23-18-15-6-11(20)10-22-17(15)25-26-18/h4-10H,1-3H3,(H2,21,22,23,24,25,26). The first-order chi connectivity index (χ1) is 14.7. The van der Waals surface area contributed by atoms with E-state index in [1.165, 1.54) is 31.5 Å². The molecule has 1 aromatic carbocycles. The van der Waals surface area contributed by atoms with Crippen molar-refractivity contribution in [2.24, 2.45) is 0 Å². The number of fused-ring (bicyclic) bond motifs is 1. The predicted octanol–water partition coefficient (Wildman–Crippen LogP) is 2.81. The van der Waals surface area contributed by atoms with Crippen LogP contribution in [0.25, 0.3) is 11.0 Å². The van der Waals surface area contributed by atoms with E-state index < -0.39 is 15.7 Å². The number of aromatic nitrogens is 5. The zero-order chi connectivity index (χ0) is 22.2. The average Bonchev–Trinajstić information content (AvgIpc) is 3.14. The highest BCUT2D eigenvalue weighted by molar-refractivity contribution is 7.90. The van der Waals surface area contributed by atoms with Gasteiger partial charge >= 0.3 is 0 Å². The monoisotopic (exact) mass is 443 g/mol. The molecule has 0 unspecified atom stereocenters. The van der Waals surface area contributed by atoms with Crippen LogP contribution in [0.3, 0.4) is 0 Å². The number of hydrogen-bond acceptors (Lipinski definition) is 9. The molecule has 160 valence electrons. The molecule has 12 heteroatoms. The van der Waals surface area contributed by atoms with Crippen molar-refractivity contribution in [2.45, 2.75) is 4.90 Å². The number of H-pyrrole nitrogens is 1. The Morgan fingerprint density at radius 2 is 2.00 bits per heavy atom. The molecule has 10 nitrogen and oxygen atoms in total. The van der Waals surface area contributed by atoms with E-state index >= 15 is 0 Å². The number of hydrogen-bond donors (Lipinski definition) is 2. The second kappa shape index (κ2) is 7.80. The van der Waals surface area contributed by atoms with Crippen LogP contribution in [-0.2, 0) is 9.84 Å². The lowest BCUT2D eigenvalue weighted by Crippen LogP contribution is -2.14. The number of methoxy groups -OCH3 is 1. The van der Waals surface area contributed by atoms with E-state index in [2.05, 4.69) is 30.5 Å². The summed E-state index contributed by atoms with van der Waals surface area (Å²) in [5.41, 5.74) is 0.884. The van der Waals surface area contributed by atoms with E-state index in [0.717, 1.165) is 12.5 Å². The van der Waals surface area contributed by atoms with Crippen LogP contribution in [0, 0.1) is 5.82 Å². The third kappa shape index (κ3) is 4.23. The van der Waals surface area contributed by atoms with Crippen LogP contribution in [0.1, 0.15) is 0 Å². The van der Waals surface area contributed by atoms with Crippen molar-refractivity contribution in [3.8, 4) is 5.75 Å². The highest BCUT2D eigenvalue weighted by Crippen LogP contribution is 2.30. The lowest BCUT2D eigenvalue weighted by molar-refractivity contribution is 0.413. The maximum absolute atomic E-state index is 13.6. The van der Waals surface area contributed by atoms with E-state index in [1.54, 1.807) is 24.1 Å². The molecule has 0 bridgehead atoms. The van der Waals surface area contributed by atoms with Gasteiger partial charge in [0.1, 0.15) is 23.2 Å². The predicted molar refractivity (Wildman–Crippen MR) is 113 cm³/mol. The zero-order valence-corrected chi connectivity index (χ0v) is 17.6. The molecule has 0 saturated carbocycles. The number of sulfone groups is 1. The summed E-state index contributed by atoms with van der Waals surface area (Å²) in [6, 6.07) is 7.57. The van der Waals surface area contributed by atoms with Crippen LogP contribution >= 0.6 is 0 Å². The lowest BCUT2D eigenvalue weighted by Gasteiger charge is -2.19. The Labute approximate surface area is 177 Å². The normalized spacial score (nSPS) is 11.5. The summed E-state index contributed by atoms with van der Waals surface area (Å²) < 4.78 is 42.8. The van der Waals surface area contributed by atoms with Crippen molar-refractivity contribution >= 4 is 44.1 Å². The van der Waals surface area contributed by atoms with E-state index in [-0.39, 0.29) is 4.90 Å². The SMILES string of the molecule is COc1cc(N(C)c2nccc(Nc3[nH]nc4ncc(F)cc34)n2)cc(S(C)(=O)=O)c1. The molecule has 0 amide bonds. The molecular formula is C19H18FN7O3S. The van der Waals surface area contributed by atoms with Gasteiger partial charge in [-0.3, -0.25) is 5.10 Å². The van der Waals surface area contributed by atoms with E-state index in [1.807, 2.05) is 0 Å². The molecule has 2 N–H and O–H groups in total. The number of aromatic amines is 1. The van der Waals surface area contributed by atoms with Crippen molar-refractivity contribution in [3.05, 3.63) is 48.5 Å². The minimum absolute atomic E-state index is 0.112. The third-order valence-electron chi connectivity index (χ3n) is 4.49. The average molecular weight is 443 g/mol. The van der Waals surface area contributed by atoms with Crippen LogP contribution in [0.2, 0.25) is 0 Å². The van der Waals surface area contributed by atoms with Gasteiger partial charge in [0.25, 0.3) is 0 Å². The van der Waals surface area contributed by atoms with Gasteiger partial charge in [0.05, 0.1) is 23.6 Å². The number of rotatable bonds is 6. The summed E-state index contributed by atoms with van der Waals surface area (Å²) in [5, 5.41) is 10.3. The van der Waals surface area contributed by atoms with E-state index in [9.17, 15) is 12.8 Å². The highest BCUT2D eigenvalue weighted by atomic mass is 32.2. The summed E-state index contributed by atoms with van der Waals surface area (Å²) >= 11 is 0. The van der Waals surface area contributed by atoms with Crippen LogP contribution in [0.5, 0.6) is 5.75 Å². The molecule has 3 heterocycles. The second-order valence-electron chi connectivity index (χ2n) is 6.69. The van der Waals surface area contributed by atoms with Crippen molar-refractivity contribution in [1.29, 1.82) is 0 Å². The Bertz CT molecular complexity index is 1370. The van der Waals surface area contributed by atoms with Gasteiger partial charge in [-0.25, -0.2) is 22.8 Å². The molecule has 31 heavy (non-hydrogen) atoms. The Morgan fingerprint density at radius 3 is 2.74 bits per heavy atom. The zero-order valence-electron chi connectivity index (χ0n) is 16.8. The van der Waals surface area contributed by atoms with Crippen LogP contribution < -0.4 is 15.0 Å². The summed E-state index contributed by atoms with van der Waals surface area (Å²) in [6.07, 6.45) is 3.75. The molecule has 0 fully saturated rings. The number of nitrogens with one attached hydrogen (secondary N) is 2. The molecule has 0 aliphatic heterocycles. The fourth-order valence-electron chi connectivity index (χ4n) is 2.87. The van der Waals surface area contributed by atoms with Crippen LogP contribution in [-0.4, -0.2) is 54.0 Å². The first kappa shape index (κ1) is 20.5. The number of anilines is 4. The van der Waals surface area contributed by atoms with Gasteiger partial charge in [-0.2, -0.15) is 10.1 Å². The number of ether oxygens (including phenoxy) is 1. The quantitative estimate of drug-likeness (QED) is 0.462. The van der Waals surface area contributed by atoms with Gasteiger partial charge < -0.3 is 15.0 Å². The summed E-state index contributed by atoms with van der Waals surface area (Å²) in [7, 11) is -0.292. The molecule has 0 saturated heterocycles. The first-order valence-electron chi connectivity index (χ1n) is 8.97. The molecule has 0 aliphatic carbocycles. The summed E-state index contributed by atoms with van der Waals surface area (Å²) in [6.45, 7) is 0. The minimum Gasteiger partial charge on any atom is -0.497 e. The van der Waals surface area contributed by atoms with Gasteiger partial charge in [0.2, 0.25) is 5.95 Å². The topological polar surface area (TPSA) is 126 Å². The fourth-order valence-corrected chi connectivity index (χ4v) is 3.54. The maximum Gasteiger partial charge on any atom is 0.231 e. The molecule has 4 rings (SSSR count). The molecule has 0 atom stereocenters. The van der Waals surface area contributed by atoms with Crippen LogP contribution in [0.15, 0.2) is 47.6 Å². The second-order valence-corrected chi connectivity index (χ2v) is 8.70. The molecule has 0 radical (unpaired) electrons. The number of nitrogens with zero attached hydrogens (tertiary/aromatic N) is 5. The van der Waals surface area contributed by atoms with Gasteiger partial charge in [0.15, 0.2) is 15.5 Å².